The SMILES string of the molecule is Cc1cc(C=N[S@](=O)C(C)(C)C)ccc1Br. The van der Waals surface area contributed by atoms with Gasteiger partial charge in [0.2, 0.25) is 0 Å². The van der Waals surface area contributed by atoms with Gasteiger partial charge in [0.05, 0.1) is 4.75 Å². The number of hydrogen-bond acceptors (Lipinski definition) is 1. The van der Waals surface area contributed by atoms with Crippen LogP contribution in [0.2, 0.25) is 0 Å². The first-order valence-corrected chi connectivity index (χ1v) is 6.93. The maximum Gasteiger partial charge on any atom is 0.144 e. The third kappa shape index (κ3) is 3.83. The smallest absolute Gasteiger partial charge is 0.144 e. The van der Waals surface area contributed by atoms with Crippen molar-refractivity contribution in [3.8, 4) is 0 Å². The first-order chi connectivity index (χ1) is 7.30. The van der Waals surface area contributed by atoms with Crippen molar-refractivity contribution < 1.29 is 4.21 Å². The largest absolute Gasteiger partial charge is 0.234 e. The summed E-state index contributed by atoms with van der Waals surface area (Å²) >= 11 is 3.44. The fourth-order valence-corrected chi connectivity index (χ4v) is 1.80. The van der Waals surface area contributed by atoms with E-state index in [-0.39, 0.29) is 4.75 Å². The molecule has 0 aliphatic carbocycles. The highest BCUT2D eigenvalue weighted by molar-refractivity contribution is 9.10. The maximum atomic E-state index is 11.7. The van der Waals surface area contributed by atoms with Crippen LogP contribution in [0.1, 0.15) is 31.9 Å². The zero-order valence-electron chi connectivity index (χ0n) is 9.95. The van der Waals surface area contributed by atoms with Crippen molar-refractivity contribution in [3.63, 3.8) is 0 Å². The van der Waals surface area contributed by atoms with Crippen LogP contribution in [0.4, 0.5) is 0 Å². The molecular formula is C12H16BrNOS. The summed E-state index contributed by atoms with van der Waals surface area (Å²) < 4.78 is 16.5. The number of nitrogens with zero attached hydrogens (tertiary/aromatic N) is 1. The predicted octanol–water partition coefficient (Wildman–Crippen LogP) is 3.64. The highest BCUT2D eigenvalue weighted by atomic mass is 79.9. The maximum absolute atomic E-state index is 11.7. The van der Waals surface area contributed by atoms with E-state index >= 15 is 0 Å². The highest BCUT2D eigenvalue weighted by Gasteiger charge is 2.17. The Kier molecular flexibility index (Phi) is 4.44. The van der Waals surface area contributed by atoms with Crippen LogP contribution in [0.5, 0.6) is 0 Å². The normalized spacial score (nSPS) is 14.3. The summed E-state index contributed by atoms with van der Waals surface area (Å²) in [6.45, 7) is 7.75. The van der Waals surface area contributed by atoms with Gasteiger partial charge in [-0.2, -0.15) is 4.40 Å². The lowest BCUT2D eigenvalue weighted by Crippen LogP contribution is -2.19. The zero-order chi connectivity index (χ0) is 12.3. The third-order valence-electron chi connectivity index (χ3n) is 2.00. The van der Waals surface area contributed by atoms with E-state index in [9.17, 15) is 4.21 Å². The number of halogens is 1. The first-order valence-electron chi connectivity index (χ1n) is 5.03. The summed E-state index contributed by atoms with van der Waals surface area (Å²) in [7, 11) is -1.19. The van der Waals surface area contributed by atoms with Crippen molar-refractivity contribution >= 4 is 33.1 Å². The quantitative estimate of drug-likeness (QED) is 0.767. The number of benzene rings is 1. The third-order valence-corrected chi connectivity index (χ3v) is 4.24. The molecule has 2 nitrogen and oxygen atoms in total. The first kappa shape index (κ1) is 13.6. The molecule has 1 aromatic carbocycles. The second-order valence-corrected chi connectivity index (χ2v) is 7.39. The molecule has 0 saturated carbocycles. The molecule has 16 heavy (non-hydrogen) atoms. The lowest BCUT2D eigenvalue weighted by atomic mass is 10.2. The molecule has 0 amide bonds. The monoisotopic (exact) mass is 301 g/mol. The molecule has 1 rings (SSSR count). The van der Waals surface area contributed by atoms with Crippen molar-refractivity contribution in [1.29, 1.82) is 0 Å². The molecule has 0 bridgehead atoms. The summed E-state index contributed by atoms with van der Waals surface area (Å²) in [5.41, 5.74) is 2.11. The van der Waals surface area contributed by atoms with Crippen molar-refractivity contribution in [2.45, 2.75) is 32.4 Å². The van der Waals surface area contributed by atoms with E-state index in [1.807, 2.05) is 45.9 Å². The van der Waals surface area contributed by atoms with Crippen LogP contribution in [0.25, 0.3) is 0 Å². The summed E-state index contributed by atoms with van der Waals surface area (Å²) in [4.78, 5) is 0. The standard InChI is InChI=1S/C12H16BrNOS/c1-9-7-10(5-6-11(9)13)8-14-16(15)12(2,3)4/h5-8H,1-4H3/t16-/m1/s1. The zero-order valence-corrected chi connectivity index (χ0v) is 12.4. The molecule has 0 fully saturated rings. The Morgan fingerprint density at radius 2 is 2.00 bits per heavy atom. The van der Waals surface area contributed by atoms with Gasteiger partial charge in [0.15, 0.2) is 0 Å². The van der Waals surface area contributed by atoms with Crippen molar-refractivity contribution in [3.05, 3.63) is 33.8 Å². The fourth-order valence-electron chi connectivity index (χ4n) is 1.02. The van der Waals surface area contributed by atoms with Gasteiger partial charge in [-0.15, -0.1) is 0 Å². The van der Waals surface area contributed by atoms with Gasteiger partial charge in [-0.3, -0.25) is 0 Å². The minimum absolute atomic E-state index is 0.305. The van der Waals surface area contributed by atoms with E-state index < -0.39 is 11.0 Å². The molecule has 0 aromatic heterocycles. The Morgan fingerprint density at radius 3 is 2.50 bits per heavy atom. The minimum Gasteiger partial charge on any atom is -0.234 e. The Balaban J connectivity index is 2.85. The van der Waals surface area contributed by atoms with Crippen LogP contribution in [-0.2, 0) is 11.0 Å². The number of aryl methyl sites for hydroxylation is 1. The average Bonchev–Trinajstić information content (AvgIpc) is 2.18. The predicted molar refractivity (Wildman–Crippen MR) is 74.4 cm³/mol. The minimum atomic E-state index is -1.19. The summed E-state index contributed by atoms with van der Waals surface area (Å²) in [6.07, 6.45) is 1.67. The highest BCUT2D eigenvalue weighted by Crippen LogP contribution is 2.17. The molecule has 0 radical (unpaired) electrons. The van der Waals surface area contributed by atoms with Crippen molar-refractivity contribution in [2.75, 3.05) is 0 Å². The molecule has 0 spiro atoms. The Hall–Kier alpha value is -0.480. The van der Waals surface area contributed by atoms with Crippen molar-refractivity contribution in [2.24, 2.45) is 4.40 Å². The lowest BCUT2D eigenvalue weighted by molar-refractivity contribution is 0.651. The van der Waals surface area contributed by atoms with E-state index in [0.717, 1.165) is 15.6 Å². The van der Waals surface area contributed by atoms with Crippen LogP contribution < -0.4 is 0 Å². The van der Waals surface area contributed by atoms with Crippen LogP contribution in [0.3, 0.4) is 0 Å². The van der Waals surface area contributed by atoms with E-state index in [2.05, 4.69) is 20.3 Å². The lowest BCUT2D eigenvalue weighted by Gasteiger charge is -2.12. The molecule has 0 saturated heterocycles. The van der Waals surface area contributed by atoms with Gasteiger partial charge in [-0.25, -0.2) is 4.21 Å². The molecule has 0 unspecified atom stereocenters. The molecule has 1 aromatic rings. The summed E-state index contributed by atoms with van der Waals surface area (Å²) in [5, 5.41) is 0. The molecule has 0 heterocycles. The van der Waals surface area contributed by atoms with Crippen LogP contribution in [0, 0.1) is 6.92 Å². The van der Waals surface area contributed by atoms with Crippen molar-refractivity contribution in [1.82, 2.24) is 0 Å². The van der Waals surface area contributed by atoms with E-state index in [1.54, 1.807) is 6.21 Å². The van der Waals surface area contributed by atoms with E-state index in [4.69, 9.17) is 0 Å². The summed E-state index contributed by atoms with van der Waals surface area (Å²) in [6, 6.07) is 5.92. The molecule has 0 aliphatic heterocycles. The second kappa shape index (κ2) is 5.23. The van der Waals surface area contributed by atoms with Gasteiger partial charge >= 0.3 is 0 Å². The average molecular weight is 302 g/mol. The molecular weight excluding hydrogens is 286 g/mol. The molecule has 1 atom stereocenters. The number of rotatable bonds is 2. The molecule has 0 N–H and O–H groups in total. The Morgan fingerprint density at radius 1 is 1.38 bits per heavy atom. The topological polar surface area (TPSA) is 29.4 Å². The van der Waals surface area contributed by atoms with Gasteiger partial charge in [0, 0.05) is 10.7 Å². The Bertz CT molecular complexity index is 435. The van der Waals surface area contributed by atoms with Gasteiger partial charge in [-0.05, 0) is 51.0 Å². The molecule has 88 valence electrons. The van der Waals surface area contributed by atoms with Gasteiger partial charge in [0.1, 0.15) is 11.0 Å². The summed E-state index contributed by atoms with van der Waals surface area (Å²) in [5.74, 6) is 0. The molecule has 0 aliphatic rings. The van der Waals surface area contributed by atoms with Crippen LogP contribution in [-0.4, -0.2) is 15.2 Å². The Labute approximate surface area is 108 Å². The van der Waals surface area contributed by atoms with Crippen LogP contribution in [0.15, 0.2) is 27.1 Å². The van der Waals surface area contributed by atoms with Crippen LogP contribution >= 0.6 is 15.9 Å². The molecule has 4 heteroatoms. The van der Waals surface area contributed by atoms with Gasteiger partial charge < -0.3 is 0 Å². The fraction of sp³-hybridized carbons (Fsp3) is 0.417. The van der Waals surface area contributed by atoms with Gasteiger partial charge in [0.25, 0.3) is 0 Å². The van der Waals surface area contributed by atoms with Gasteiger partial charge in [-0.1, -0.05) is 22.0 Å². The van der Waals surface area contributed by atoms with E-state index in [1.165, 1.54) is 0 Å². The number of hydrogen-bond donors (Lipinski definition) is 0. The van der Waals surface area contributed by atoms with E-state index in [0.29, 0.717) is 0 Å². The second-order valence-electron chi connectivity index (χ2n) is 4.60.